The highest BCUT2D eigenvalue weighted by atomic mass is 32.2. The van der Waals surface area contributed by atoms with Crippen molar-refractivity contribution in [2.24, 2.45) is 5.92 Å². The minimum absolute atomic E-state index is 0.0100. The van der Waals surface area contributed by atoms with Crippen LogP contribution in [0.1, 0.15) is 56.8 Å². The Kier molecular flexibility index (Phi) is 8.19. The monoisotopic (exact) mass is 494 g/mol. The van der Waals surface area contributed by atoms with E-state index in [9.17, 15) is 22.8 Å². The SMILES string of the molecule is CC(C)(C)OC(=O)NCCNC(=O)C1CCCN(C(=O)c2ccc(S(=O)(=O)NC3CC3)cc2)C1. The lowest BCUT2D eigenvalue weighted by atomic mass is 9.96. The zero-order valence-corrected chi connectivity index (χ0v) is 20.7. The number of likely N-dealkylation sites (tertiary alicyclic amines) is 1. The summed E-state index contributed by atoms with van der Waals surface area (Å²) in [6, 6.07) is 5.90. The van der Waals surface area contributed by atoms with Crippen LogP contribution in [0.5, 0.6) is 0 Å². The van der Waals surface area contributed by atoms with Crippen molar-refractivity contribution in [3.05, 3.63) is 29.8 Å². The number of amides is 3. The van der Waals surface area contributed by atoms with Crippen molar-refractivity contribution in [1.29, 1.82) is 0 Å². The molecular formula is C23H34N4O6S. The van der Waals surface area contributed by atoms with E-state index in [2.05, 4.69) is 15.4 Å². The number of carbonyl (C=O) groups excluding carboxylic acids is 3. The summed E-state index contributed by atoms with van der Waals surface area (Å²) in [5, 5.41) is 5.38. The van der Waals surface area contributed by atoms with Crippen LogP contribution in [0.2, 0.25) is 0 Å². The van der Waals surface area contributed by atoms with Crippen molar-refractivity contribution in [3.8, 4) is 0 Å². The van der Waals surface area contributed by atoms with Gasteiger partial charge in [0.2, 0.25) is 15.9 Å². The zero-order valence-electron chi connectivity index (χ0n) is 19.9. The van der Waals surface area contributed by atoms with Gasteiger partial charge < -0.3 is 20.3 Å². The highest BCUT2D eigenvalue weighted by molar-refractivity contribution is 7.89. The maximum Gasteiger partial charge on any atom is 0.407 e. The Labute approximate surface area is 200 Å². The summed E-state index contributed by atoms with van der Waals surface area (Å²) in [6.07, 6.45) is 2.51. The molecule has 1 aliphatic carbocycles. The molecule has 3 amide bonds. The van der Waals surface area contributed by atoms with E-state index in [1.165, 1.54) is 24.3 Å². The van der Waals surface area contributed by atoms with Crippen LogP contribution < -0.4 is 15.4 Å². The molecule has 10 nitrogen and oxygen atoms in total. The van der Waals surface area contributed by atoms with Crippen LogP contribution in [0.25, 0.3) is 0 Å². The number of nitrogens with zero attached hydrogens (tertiary/aromatic N) is 1. The molecule has 1 aliphatic heterocycles. The molecule has 0 aromatic heterocycles. The van der Waals surface area contributed by atoms with E-state index in [1.54, 1.807) is 25.7 Å². The molecule has 1 aromatic rings. The summed E-state index contributed by atoms with van der Waals surface area (Å²) in [7, 11) is -3.57. The Balaban J connectivity index is 1.47. The Morgan fingerprint density at radius 2 is 1.68 bits per heavy atom. The third kappa shape index (κ3) is 7.69. The van der Waals surface area contributed by atoms with Crippen LogP contribution in [0, 0.1) is 5.92 Å². The molecular weight excluding hydrogens is 460 g/mol. The molecule has 1 saturated heterocycles. The summed E-state index contributed by atoms with van der Waals surface area (Å²) in [5.41, 5.74) is -0.207. The van der Waals surface area contributed by atoms with E-state index < -0.39 is 21.7 Å². The van der Waals surface area contributed by atoms with E-state index >= 15 is 0 Å². The van der Waals surface area contributed by atoms with Gasteiger partial charge in [-0.2, -0.15) is 0 Å². The van der Waals surface area contributed by atoms with Crippen molar-refractivity contribution in [3.63, 3.8) is 0 Å². The standard InChI is InChI=1S/C23H34N4O6S/c1-23(2,3)33-22(30)25-13-12-24-20(28)17-5-4-14-27(15-17)21(29)16-6-10-19(11-7-16)34(31,32)26-18-8-9-18/h6-7,10-11,17-18,26H,4-5,8-9,12-15H2,1-3H3,(H,24,28)(H,25,30). The van der Waals surface area contributed by atoms with Gasteiger partial charge in [-0.15, -0.1) is 0 Å². The second-order valence-electron chi connectivity index (χ2n) is 9.73. The number of carbonyl (C=O) groups is 3. The molecule has 2 fully saturated rings. The van der Waals surface area contributed by atoms with Crippen molar-refractivity contribution >= 4 is 27.9 Å². The summed E-state index contributed by atoms with van der Waals surface area (Å²) in [6.45, 7) is 6.63. The smallest absolute Gasteiger partial charge is 0.407 e. The number of rotatable bonds is 8. The Hall–Kier alpha value is -2.66. The predicted molar refractivity (Wildman–Crippen MR) is 126 cm³/mol. The highest BCUT2D eigenvalue weighted by Gasteiger charge is 2.30. The molecule has 34 heavy (non-hydrogen) atoms. The average Bonchev–Trinajstić information content (AvgIpc) is 3.58. The first-order valence-corrected chi connectivity index (χ1v) is 13.1. The van der Waals surface area contributed by atoms with Crippen LogP contribution in [-0.4, -0.2) is 69.0 Å². The van der Waals surface area contributed by atoms with Gasteiger partial charge in [-0.25, -0.2) is 17.9 Å². The fourth-order valence-electron chi connectivity index (χ4n) is 3.63. The molecule has 0 spiro atoms. The fourth-order valence-corrected chi connectivity index (χ4v) is 4.94. The fraction of sp³-hybridized carbons (Fsp3) is 0.609. The molecule has 0 radical (unpaired) electrons. The van der Waals surface area contributed by atoms with Gasteiger partial charge in [0.1, 0.15) is 5.60 Å². The van der Waals surface area contributed by atoms with Crippen LogP contribution in [0.4, 0.5) is 4.79 Å². The number of hydrogen-bond donors (Lipinski definition) is 3. The minimum atomic E-state index is -3.57. The van der Waals surface area contributed by atoms with E-state index in [-0.39, 0.29) is 48.3 Å². The normalized spacial score (nSPS) is 18.8. The molecule has 1 heterocycles. The van der Waals surface area contributed by atoms with Gasteiger partial charge >= 0.3 is 6.09 Å². The van der Waals surface area contributed by atoms with Crippen molar-refractivity contribution in [2.75, 3.05) is 26.2 Å². The molecule has 3 N–H and O–H groups in total. The summed E-state index contributed by atoms with van der Waals surface area (Å²) in [4.78, 5) is 38.9. The molecule has 2 aliphatic rings. The predicted octanol–water partition coefficient (Wildman–Crippen LogP) is 1.62. The van der Waals surface area contributed by atoms with E-state index in [4.69, 9.17) is 4.74 Å². The molecule has 11 heteroatoms. The third-order valence-electron chi connectivity index (χ3n) is 5.48. The second-order valence-corrected chi connectivity index (χ2v) is 11.4. The molecule has 0 bridgehead atoms. The third-order valence-corrected chi connectivity index (χ3v) is 7.02. The van der Waals surface area contributed by atoms with Crippen molar-refractivity contribution in [2.45, 2.75) is 63.0 Å². The van der Waals surface area contributed by atoms with E-state index in [1.807, 2.05) is 0 Å². The van der Waals surface area contributed by atoms with Crippen LogP contribution in [0.3, 0.4) is 0 Å². The van der Waals surface area contributed by atoms with Crippen LogP contribution in [0.15, 0.2) is 29.2 Å². The zero-order chi connectivity index (χ0) is 24.9. The maximum atomic E-state index is 12.9. The first kappa shape index (κ1) is 26.0. The molecule has 1 saturated carbocycles. The number of piperidine rings is 1. The highest BCUT2D eigenvalue weighted by Crippen LogP contribution is 2.23. The molecule has 1 unspecified atom stereocenters. The van der Waals surface area contributed by atoms with Gasteiger partial charge in [-0.1, -0.05) is 0 Å². The number of benzene rings is 1. The van der Waals surface area contributed by atoms with Gasteiger partial charge in [0.05, 0.1) is 10.8 Å². The minimum Gasteiger partial charge on any atom is -0.444 e. The Morgan fingerprint density at radius 1 is 1.03 bits per heavy atom. The first-order chi connectivity index (χ1) is 15.9. The van der Waals surface area contributed by atoms with Gasteiger partial charge in [0.25, 0.3) is 5.91 Å². The van der Waals surface area contributed by atoms with Gasteiger partial charge in [0, 0.05) is 37.8 Å². The van der Waals surface area contributed by atoms with Crippen LogP contribution >= 0.6 is 0 Å². The number of hydrogen-bond acceptors (Lipinski definition) is 6. The van der Waals surface area contributed by atoms with Gasteiger partial charge in [0.15, 0.2) is 0 Å². The van der Waals surface area contributed by atoms with E-state index in [0.29, 0.717) is 24.9 Å². The first-order valence-electron chi connectivity index (χ1n) is 11.6. The number of alkyl carbamates (subject to hydrolysis) is 1. The van der Waals surface area contributed by atoms with Gasteiger partial charge in [-0.05, 0) is 70.7 Å². The van der Waals surface area contributed by atoms with Gasteiger partial charge in [-0.3, -0.25) is 9.59 Å². The maximum absolute atomic E-state index is 12.9. The van der Waals surface area contributed by atoms with Crippen molar-refractivity contribution in [1.82, 2.24) is 20.3 Å². The second kappa shape index (κ2) is 10.7. The topological polar surface area (TPSA) is 134 Å². The molecule has 1 aromatic carbocycles. The lowest BCUT2D eigenvalue weighted by Gasteiger charge is -2.32. The molecule has 3 rings (SSSR count). The largest absolute Gasteiger partial charge is 0.444 e. The summed E-state index contributed by atoms with van der Waals surface area (Å²) >= 11 is 0. The van der Waals surface area contributed by atoms with Crippen molar-refractivity contribution < 1.29 is 27.5 Å². The van der Waals surface area contributed by atoms with E-state index in [0.717, 1.165) is 12.8 Å². The quantitative estimate of drug-likeness (QED) is 0.470. The Bertz CT molecular complexity index is 999. The summed E-state index contributed by atoms with van der Waals surface area (Å²) < 4.78 is 32.4. The lowest BCUT2D eigenvalue weighted by Crippen LogP contribution is -2.46. The average molecular weight is 495 g/mol. The summed E-state index contributed by atoms with van der Waals surface area (Å²) in [5.74, 6) is -0.749. The lowest BCUT2D eigenvalue weighted by molar-refractivity contribution is -0.126. The molecule has 188 valence electrons. The number of nitrogens with one attached hydrogen (secondary N) is 3. The molecule has 1 atom stereocenters. The number of sulfonamides is 1. The van der Waals surface area contributed by atoms with Crippen LogP contribution in [-0.2, 0) is 19.6 Å². The number of ether oxygens (including phenoxy) is 1. The Morgan fingerprint density at radius 3 is 2.29 bits per heavy atom.